The largest absolute Gasteiger partial charge is 0.756 e. The van der Waals surface area contributed by atoms with E-state index in [9.17, 15) is 14.3 Å². The summed E-state index contributed by atoms with van der Waals surface area (Å²) in [7, 11) is 1.31. The van der Waals surface area contributed by atoms with Crippen molar-refractivity contribution in [2.24, 2.45) is 0 Å². The molecule has 2 unspecified atom stereocenters. The van der Waals surface area contributed by atoms with Gasteiger partial charge in [0.15, 0.2) is 0 Å². The van der Waals surface area contributed by atoms with Gasteiger partial charge in [0, 0.05) is 13.0 Å². The minimum Gasteiger partial charge on any atom is -0.756 e. The predicted molar refractivity (Wildman–Crippen MR) is 185 cm³/mol. The second-order valence-corrected chi connectivity index (χ2v) is 13.6. The fraction of sp³-hybridized carbons (Fsp3) is 0.694. The van der Waals surface area contributed by atoms with E-state index >= 15 is 0 Å². The van der Waals surface area contributed by atoms with E-state index in [2.05, 4.69) is 74.6 Å². The number of ether oxygens (including phenoxy) is 2. The molecular weight excluding hydrogens is 589 g/mol. The van der Waals surface area contributed by atoms with Crippen molar-refractivity contribution in [2.45, 2.75) is 110 Å². The zero-order chi connectivity index (χ0) is 33.5. The maximum atomic E-state index is 12.4. The van der Waals surface area contributed by atoms with Crippen LogP contribution in [0.3, 0.4) is 0 Å². The second-order valence-electron chi connectivity index (χ2n) is 12.1. The van der Waals surface area contributed by atoms with Crippen molar-refractivity contribution in [3.63, 3.8) is 0 Å². The summed E-state index contributed by atoms with van der Waals surface area (Å²) in [5.74, 6) is -0.367. The molecule has 0 aliphatic carbocycles. The van der Waals surface area contributed by atoms with Gasteiger partial charge in [0.1, 0.15) is 19.3 Å². The van der Waals surface area contributed by atoms with Crippen molar-refractivity contribution in [1.82, 2.24) is 0 Å². The Kier molecular flexibility index (Phi) is 28.4. The lowest BCUT2D eigenvalue weighted by molar-refractivity contribution is -0.870. The number of phosphoric acid groups is 1. The molecular formula is C36H64NO7P. The van der Waals surface area contributed by atoms with Crippen molar-refractivity contribution in [3.8, 4) is 0 Å². The lowest BCUT2D eigenvalue weighted by atomic mass is 10.1. The van der Waals surface area contributed by atoms with Gasteiger partial charge in [0.05, 0.1) is 34.4 Å². The fourth-order valence-electron chi connectivity index (χ4n) is 3.92. The van der Waals surface area contributed by atoms with Gasteiger partial charge in [-0.15, -0.1) is 0 Å². The normalized spacial score (nSPS) is 14.9. The third kappa shape index (κ3) is 33.4. The number of hydrogen-bond acceptors (Lipinski definition) is 7. The molecule has 9 heteroatoms. The number of carbonyl (C=O) groups is 1. The molecule has 0 heterocycles. The van der Waals surface area contributed by atoms with Crippen LogP contribution in [0.25, 0.3) is 0 Å². The van der Waals surface area contributed by atoms with E-state index in [1.54, 1.807) is 0 Å². The lowest BCUT2D eigenvalue weighted by Crippen LogP contribution is -2.37. The molecule has 0 saturated heterocycles. The molecule has 0 radical (unpaired) electrons. The van der Waals surface area contributed by atoms with Crippen molar-refractivity contribution in [2.75, 3.05) is 54.1 Å². The summed E-state index contributed by atoms with van der Waals surface area (Å²) in [6.45, 7) is 5.05. The molecule has 0 aromatic rings. The van der Waals surface area contributed by atoms with Crippen LogP contribution in [0.2, 0.25) is 0 Å². The number of likely N-dealkylation sites (N-methyl/N-ethyl adjacent to an activating group) is 1. The monoisotopic (exact) mass is 653 g/mol. The number of rotatable bonds is 30. The molecule has 8 nitrogen and oxygen atoms in total. The summed E-state index contributed by atoms with van der Waals surface area (Å²) in [5, 5.41) is 0. The SMILES string of the molecule is CC/C=C\C/C=C\C/C=C\C/C=C\C/C=C\CCCCOCC(COP(=O)([O-])OCC[N+](C)(C)C)OC(=O)CCCCCCC. The first-order valence-corrected chi connectivity index (χ1v) is 18.5. The van der Waals surface area contributed by atoms with Gasteiger partial charge in [-0.2, -0.15) is 0 Å². The average Bonchev–Trinajstić information content (AvgIpc) is 2.98. The molecule has 0 rings (SSSR count). The Bertz CT molecular complexity index is 906. The Morgan fingerprint density at radius 1 is 0.711 bits per heavy atom. The average molecular weight is 654 g/mol. The Morgan fingerprint density at radius 3 is 1.87 bits per heavy atom. The van der Waals surface area contributed by atoms with Gasteiger partial charge in [0.2, 0.25) is 0 Å². The third-order valence-electron chi connectivity index (χ3n) is 6.58. The van der Waals surface area contributed by atoms with Crippen LogP contribution in [0.4, 0.5) is 0 Å². The van der Waals surface area contributed by atoms with Crippen LogP contribution >= 0.6 is 7.82 Å². The minimum atomic E-state index is -4.52. The highest BCUT2D eigenvalue weighted by atomic mass is 31.2. The summed E-state index contributed by atoms with van der Waals surface area (Å²) >= 11 is 0. The van der Waals surface area contributed by atoms with Crippen molar-refractivity contribution < 1.29 is 37.3 Å². The summed E-state index contributed by atoms with van der Waals surface area (Å²) in [6, 6.07) is 0. The number of nitrogens with zero attached hydrogens (tertiary/aromatic N) is 1. The molecule has 0 spiro atoms. The topological polar surface area (TPSA) is 94.1 Å². The van der Waals surface area contributed by atoms with Crippen molar-refractivity contribution in [3.05, 3.63) is 60.8 Å². The fourth-order valence-corrected chi connectivity index (χ4v) is 4.65. The van der Waals surface area contributed by atoms with E-state index in [0.717, 1.165) is 83.5 Å². The highest BCUT2D eigenvalue weighted by molar-refractivity contribution is 7.45. The van der Waals surface area contributed by atoms with Crippen LogP contribution in [0.15, 0.2) is 60.8 Å². The quantitative estimate of drug-likeness (QED) is 0.0253. The van der Waals surface area contributed by atoms with Crippen molar-refractivity contribution in [1.29, 1.82) is 0 Å². The first kappa shape index (κ1) is 43.2. The summed E-state index contributed by atoms with van der Waals surface area (Å²) in [4.78, 5) is 24.6. The zero-order valence-electron chi connectivity index (χ0n) is 29.0. The van der Waals surface area contributed by atoms with E-state index in [-0.39, 0.29) is 25.8 Å². The number of hydrogen-bond donors (Lipinski definition) is 0. The van der Waals surface area contributed by atoms with Gasteiger partial charge in [-0.3, -0.25) is 9.36 Å². The Morgan fingerprint density at radius 2 is 1.29 bits per heavy atom. The lowest BCUT2D eigenvalue weighted by Gasteiger charge is -2.28. The molecule has 0 fully saturated rings. The Hall–Kier alpha value is -1.80. The Labute approximate surface area is 275 Å². The number of esters is 1. The molecule has 0 aromatic carbocycles. The van der Waals surface area contributed by atoms with Gasteiger partial charge < -0.3 is 27.9 Å². The van der Waals surface area contributed by atoms with E-state index < -0.39 is 13.9 Å². The molecule has 0 aliphatic rings. The van der Waals surface area contributed by atoms with Gasteiger partial charge in [0.25, 0.3) is 7.82 Å². The highest BCUT2D eigenvalue weighted by Crippen LogP contribution is 2.38. The molecule has 0 aliphatic heterocycles. The van der Waals surface area contributed by atoms with E-state index in [0.29, 0.717) is 24.1 Å². The molecule has 0 N–H and O–H groups in total. The van der Waals surface area contributed by atoms with Crippen LogP contribution in [-0.2, 0) is 27.9 Å². The van der Waals surface area contributed by atoms with Crippen LogP contribution in [0.1, 0.15) is 104 Å². The second kappa shape index (κ2) is 29.6. The maximum Gasteiger partial charge on any atom is 0.306 e. The molecule has 45 heavy (non-hydrogen) atoms. The van der Waals surface area contributed by atoms with E-state index in [1.165, 1.54) is 0 Å². The zero-order valence-corrected chi connectivity index (χ0v) is 29.9. The first-order valence-electron chi connectivity index (χ1n) is 17.0. The van der Waals surface area contributed by atoms with Crippen LogP contribution in [0.5, 0.6) is 0 Å². The van der Waals surface area contributed by atoms with E-state index in [4.69, 9.17) is 18.5 Å². The molecule has 2 atom stereocenters. The molecule has 0 saturated carbocycles. The van der Waals surface area contributed by atoms with Gasteiger partial charge in [-0.05, 0) is 57.8 Å². The first-order chi connectivity index (χ1) is 21.6. The van der Waals surface area contributed by atoms with E-state index in [1.807, 2.05) is 21.1 Å². The van der Waals surface area contributed by atoms with Crippen LogP contribution < -0.4 is 4.89 Å². The number of phosphoric ester groups is 1. The van der Waals surface area contributed by atoms with Crippen molar-refractivity contribution >= 4 is 13.8 Å². The summed E-state index contributed by atoms with van der Waals surface area (Å²) < 4.78 is 34.1. The number of carbonyl (C=O) groups excluding carboxylic acids is 1. The minimum absolute atomic E-state index is 0.0148. The molecule has 260 valence electrons. The molecule has 0 aromatic heterocycles. The van der Waals surface area contributed by atoms with Crippen LogP contribution in [0, 0.1) is 0 Å². The number of allylic oxidation sites excluding steroid dienone is 10. The summed E-state index contributed by atoms with van der Waals surface area (Å²) in [5.41, 5.74) is 0. The van der Waals surface area contributed by atoms with Gasteiger partial charge >= 0.3 is 5.97 Å². The summed E-state index contributed by atoms with van der Waals surface area (Å²) in [6.07, 6.45) is 34.2. The number of unbranched alkanes of at least 4 members (excludes halogenated alkanes) is 6. The standard InChI is InChI=1S/C36H64NO7P/c1-6-8-10-12-13-14-15-16-17-18-19-20-21-22-23-24-26-28-31-41-33-35(44-36(38)29-27-25-11-9-7-2)34-43-45(39,40)42-32-30-37(3,4)5/h8,10,13-14,16-17,19-20,22-23,35H,6-7,9,11-12,15,18,21,24-34H2,1-5H3/b10-8-,14-13-,17-16-,20-19-,23-22-. The third-order valence-corrected chi connectivity index (χ3v) is 7.55. The maximum absolute atomic E-state index is 12.4. The Balaban J connectivity index is 4.30. The smallest absolute Gasteiger partial charge is 0.306 e. The van der Waals surface area contributed by atoms with Gasteiger partial charge in [-0.25, -0.2) is 0 Å². The molecule has 0 bridgehead atoms. The highest BCUT2D eigenvalue weighted by Gasteiger charge is 2.20. The van der Waals surface area contributed by atoms with Crippen LogP contribution in [-0.4, -0.2) is 70.7 Å². The molecule has 0 amide bonds. The van der Waals surface area contributed by atoms with Gasteiger partial charge in [-0.1, -0.05) is 100 Å². The predicted octanol–water partition coefficient (Wildman–Crippen LogP) is 8.40. The number of quaternary nitrogens is 1.